The smallest absolute Gasteiger partial charge is 0.407 e. The zero-order valence-electron chi connectivity index (χ0n) is 17.0. The van der Waals surface area contributed by atoms with Gasteiger partial charge in [-0.1, -0.05) is 12.1 Å². The average molecular weight is 406 g/mol. The first-order valence-corrected chi connectivity index (χ1v) is 9.47. The number of benzene rings is 1. The van der Waals surface area contributed by atoms with E-state index in [4.69, 9.17) is 9.84 Å². The van der Waals surface area contributed by atoms with Crippen molar-refractivity contribution in [1.29, 1.82) is 0 Å². The summed E-state index contributed by atoms with van der Waals surface area (Å²) in [6, 6.07) is 5.39. The first-order chi connectivity index (χ1) is 13.6. The van der Waals surface area contributed by atoms with E-state index in [1.54, 1.807) is 32.9 Å². The molecular weight excluding hydrogens is 379 g/mol. The summed E-state index contributed by atoms with van der Waals surface area (Å²) in [6.07, 6.45) is 1.42. The molecule has 29 heavy (non-hydrogen) atoms. The monoisotopic (exact) mass is 406 g/mol. The Bertz CT molecular complexity index is 814. The zero-order valence-corrected chi connectivity index (χ0v) is 17.0. The molecule has 0 bridgehead atoms. The van der Waals surface area contributed by atoms with Crippen molar-refractivity contribution in [2.45, 2.75) is 45.6 Å². The molecule has 1 aromatic rings. The van der Waals surface area contributed by atoms with Crippen LogP contribution in [0.2, 0.25) is 0 Å². The molecule has 7 nitrogen and oxygen atoms in total. The van der Waals surface area contributed by atoms with Crippen molar-refractivity contribution in [1.82, 2.24) is 10.2 Å². The molecule has 1 heterocycles. The second kappa shape index (κ2) is 9.54. The number of halogens is 1. The number of fused-ring (bicyclic) bond motifs is 1. The first kappa shape index (κ1) is 22.4. The number of carboxylic acid groups (broad SMARTS) is 1. The van der Waals surface area contributed by atoms with E-state index in [1.165, 1.54) is 4.90 Å². The number of carbonyl (C=O) groups is 3. The number of hydrogen-bond donors (Lipinski definition) is 2. The van der Waals surface area contributed by atoms with Crippen molar-refractivity contribution < 1.29 is 28.6 Å². The van der Waals surface area contributed by atoms with Gasteiger partial charge in [-0.2, -0.15) is 0 Å². The largest absolute Gasteiger partial charge is 0.480 e. The Labute approximate surface area is 169 Å². The Kier molecular flexibility index (Phi) is 7.36. The molecule has 0 aromatic heterocycles. The number of aryl methyl sites for hydroxylation is 1. The van der Waals surface area contributed by atoms with E-state index in [0.717, 1.165) is 11.1 Å². The van der Waals surface area contributed by atoms with Gasteiger partial charge in [-0.15, -0.1) is 0 Å². The van der Waals surface area contributed by atoms with Gasteiger partial charge in [-0.25, -0.2) is 9.18 Å². The highest BCUT2D eigenvalue weighted by Gasteiger charge is 2.25. The molecule has 0 atom stereocenters. The van der Waals surface area contributed by atoms with E-state index in [2.05, 4.69) is 5.32 Å². The van der Waals surface area contributed by atoms with Crippen LogP contribution >= 0.6 is 0 Å². The highest BCUT2D eigenvalue weighted by molar-refractivity contribution is 5.98. The van der Waals surface area contributed by atoms with Crippen LogP contribution in [0.25, 0.3) is 0 Å². The summed E-state index contributed by atoms with van der Waals surface area (Å²) in [5.74, 6) is -1.32. The SMILES string of the molecule is CC(C)(C)OC(=O)NCC(=CF)CCc1ccc2c(c1)CCN(CC(=O)O)C2=O. The molecule has 2 amide bonds. The van der Waals surface area contributed by atoms with Gasteiger partial charge < -0.3 is 20.1 Å². The van der Waals surface area contributed by atoms with E-state index in [1.807, 2.05) is 6.07 Å². The third kappa shape index (κ3) is 6.89. The number of ether oxygens (including phenoxy) is 1. The highest BCUT2D eigenvalue weighted by atomic mass is 19.1. The molecule has 8 heteroatoms. The molecule has 158 valence electrons. The Morgan fingerprint density at radius 2 is 2.07 bits per heavy atom. The van der Waals surface area contributed by atoms with E-state index in [-0.39, 0.29) is 19.0 Å². The fraction of sp³-hybridized carbons (Fsp3) is 0.476. The van der Waals surface area contributed by atoms with E-state index >= 15 is 0 Å². The van der Waals surface area contributed by atoms with Gasteiger partial charge in [0, 0.05) is 18.7 Å². The van der Waals surface area contributed by atoms with Crippen LogP contribution in [0.15, 0.2) is 30.1 Å². The minimum atomic E-state index is -1.04. The fourth-order valence-electron chi connectivity index (χ4n) is 3.05. The van der Waals surface area contributed by atoms with Gasteiger partial charge in [-0.05, 0) is 62.8 Å². The molecule has 0 saturated heterocycles. The summed E-state index contributed by atoms with van der Waals surface area (Å²) < 4.78 is 18.3. The predicted octanol–water partition coefficient (Wildman–Crippen LogP) is 3.08. The number of rotatable bonds is 7. The molecule has 1 aliphatic heterocycles. The van der Waals surface area contributed by atoms with Crippen LogP contribution in [0.4, 0.5) is 9.18 Å². The van der Waals surface area contributed by atoms with Crippen molar-refractivity contribution >= 4 is 18.0 Å². The molecule has 0 unspecified atom stereocenters. The number of nitrogens with zero attached hydrogens (tertiary/aromatic N) is 1. The third-order valence-corrected chi connectivity index (χ3v) is 4.41. The normalized spacial score (nSPS) is 14.4. The number of aliphatic carboxylic acids is 1. The average Bonchev–Trinajstić information content (AvgIpc) is 2.62. The van der Waals surface area contributed by atoms with Crippen molar-refractivity contribution in [3.63, 3.8) is 0 Å². The second-order valence-corrected chi connectivity index (χ2v) is 7.98. The van der Waals surface area contributed by atoms with Crippen molar-refractivity contribution in [3.05, 3.63) is 46.8 Å². The summed E-state index contributed by atoms with van der Waals surface area (Å²) in [6.45, 7) is 5.35. The van der Waals surface area contributed by atoms with Gasteiger partial charge in [-0.3, -0.25) is 9.59 Å². The van der Waals surface area contributed by atoms with E-state index in [0.29, 0.717) is 43.3 Å². The maximum absolute atomic E-state index is 13.2. The molecule has 0 saturated carbocycles. The third-order valence-electron chi connectivity index (χ3n) is 4.41. The summed E-state index contributed by atoms with van der Waals surface area (Å²) in [5.41, 5.74) is 2.13. The summed E-state index contributed by atoms with van der Waals surface area (Å²) in [5, 5.41) is 11.4. The molecule has 2 rings (SSSR count). The maximum Gasteiger partial charge on any atom is 0.407 e. The number of carbonyl (C=O) groups excluding carboxylic acids is 2. The van der Waals surface area contributed by atoms with Crippen LogP contribution in [0.1, 0.15) is 48.7 Å². The van der Waals surface area contributed by atoms with Gasteiger partial charge >= 0.3 is 12.1 Å². The first-order valence-electron chi connectivity index (χ1n) is 9.47. The topological polar surface area (TPSA) is 95.9 Å². The Morgan fingerprint density at radius 3 is 2.69 bits per heavy atom. The van der Waals surface area contributed by atoms with Gasteiger partial charge in [0.05, 0.1) is 6.33 Å². The van der Waals surface area contributed by atoms with Gasteiger partial charge in [0.25, 0.3) is 5.91 Å². The van der Waals surface area contributed by atoms with Crippen LogP contribution in [-0.4, -0.2) is 53.2 Å². The number of alkyl carbamates (subject to hydrolysis) is 1. The number of nitrogens with one attached hydrogen (secondary N) is 1. The van der Waals surface area contributed by atoms with Gasteiger partial charge in [0.1, 0.15) is 12.1 Å². The van der Waals surface area contributed by atoms with Crippen LogP contribution in [0.5, 0.6) is 0 Å². The van der Waals surface area contributed by atoms with E-state index in [9.17, 15) is 18.8 Å². The summed E-state index contributed by atoms with van der Waals surface area (Å²) in [4.78, 5) is 36.2. The lowest BCUT2D eigenvalue weighted by Gasteiger charge is -2.27. The fourth-order valence-corrected chi connectivity index (χ4v) is 3.05. The van der Waals surface area contributed by atoms with E-state index < -0.39 is 17.7 Å². The minimum absolute atomic E-state index is 0.0546. The van der Waals surface area contributed by atoms with Gasteiger partial charge in [0.15, 0.2) is 0 Å². The Balaban J connectivity index is 1.92. The summed E-state index contributed by atoms with van der Waals surface area (Å²) in [7, 11) is 0. The Hall–Kier alpha value is -2.90. The van der Waals surface area contributed by atoms with Crippen LogP contribution < -0.4 is 5.32 Å². The van der Waals surface area contributed by atoms with Crippen molar-refractivity contribution in [2.24, 2.45) is 0 Å². The lowest BCUT2D eigenvalue weighted by Crippen LogP contribution is -2.40. The number of carboxylic acids is 1. The molecule has 0 fully saturated rings. The lowest BCUT2D eigenvalue weighted by molar-refractivity contribution is -0.137. The molecular formula is C21H27FN2O5. The quantitative estimate of drug-likeness (QED) is 0.726. The summed E-state index contributed by atoms with van der Waals surface area (Å²) >= 11 is 0. The molecule has 2 N–H and O–H groups in total. The predicted molar refractivity (Wildman–Crippen MR) is 105 cm³/mol. The highest BCUT2D eigenvalue weighted by Crippen LogP contribution is 2.22. The zero-order chi connectivity index (χ0) is 21.6. The van der Waals surface area contributed by atoms with Crippen molar-refractivity contribution in [3.8, 4) is 0 Å². The second-order valence-electron chi connectivity index (χ2n) is 7.98. The molecule has 0 spiro atoms. The molecule has 1 aliphatic rings. The Morgan fingerprint density at radius 1 is 1.34 bits per heavy atom. The number of amides is 2. The maximum atomic E-state index is 13.2. The molecule has 0 aliphatic carbocycles. The van der Waals surface area contributed by atoms with Crippen molar-refractivity contribution in [2.75, 3.05) is 19.6 Å². The molecule has 1 aromatic carbocycles. The van der Waals surface area contributed by atoms with Crippen LogP contribution in [0.3, 0.4) is 0 Å². The minimum Gasteiger partial charge on any atom is -0.480 e. The van der Waals surface area contributed by atoms with Crippen LogP contribution in [-0.2, 0) is 22.4 Å². The molecule has 0 radical (unpaired) electrons. The van der Waals surface area contributed by atoms with Gasteiger partial charge in [0.2, 0.25) is 0 Å². The van der Waals surface area contributed by atoms with Crippen LogP contribution in [0, 0.1) is 0 Å². The standard InChI is InChI=1S/C21H27FN2O5/c1-21(2,3)29-20(28)23-12-15(11-22)5-4-14-6-7-17-16(10-14)8-9-24(19(17)27)13-18(25)26/h6-7,10-11H,4-5,8-9,12-13H2,1-3H3,(H,23,28)(H,25,26). The lowest BCUT2D eigenvalue weighted by atomic mass is 9.94. The number of hydrogen-bond acceptors (Lipinski definition) is 4.